The predicted octanol–water partition coefficient (Wildman–Crippen LogP) is 3.13. The van der Waals surface area contributed by atoms with Gasteiger partial charge in [-0.05, 0) is 32.9 Å². The van der Waals surface area contributed by atoms with Gasteiger partial charge in [0.05, 0.1) is 25.3 Å². The summed E-state index contributed by atoms with van der Waals surface area (Å²) < 4.78 is 14.3. The van der Waals surface area contributed by atoms with Crippen molar-refractivity contribution >= 4 is 29.5 Å². The summed E-state index contributed by atoms with van der Waals surface area (Å²) in [4.78, 5) is 34.6. The monoisotopic (exact) mass is 338 g/mol. The van der Waals surface area contributed by atoms with Gasteiger partial charge in [0.1, 0.15) is 6.61 Å². The smallest absolute Gasteiger partial charge is 0.411 e. The van der Waals surface area contributed by atoms with Crippen LogP contribution in [0.5, 0.6) is 0 Å². The Kier molecular flexibility index (Phi) is 6.58. The van der Waals surface area contributed by atoms with Crippen LogP contribution < -0.4 is 10.6 Å². The summed E-state index contributed by atoms with van der Waals surface area (Å²) in [6.45, 7) is 5.19. The first-order valence-corrected chi connectivity index (χ1v) is 7.17. The highest BCUT2D eigenvalue weighted by molar-refractivity contribution is 5.89. The zero-order valence-corrected chi connectivity index (χ0v) is 14.4. The van der Waals surface area contributed by atoms with Gasteiger partial charge in [0.15, 0.2) is 0 Å². The number of ether oxygens (including phenoxy) is 3. The van der Waals surface area contributed by atoms with Gasteiger partial charge in [0.25, 0.3) is 0 Å². The molecule has 0 saturated carbocycles. The van der Waals surface area contributed by atoms with Crippen molar-refractivity contribution in [3.63, 3.8) is 0 Å². The Morgan fingerprint density at radius 3 is 2.12 bits per heavy atom. The summed E-state index contributed by atoms with van der Waals surface area (Å²) in [5.74, 6) is -0.372. The first kappa shape index (κ1) is 19.3. The highest BCUT2D eigenvalue weighted by Crippen LogP contribution is 2.24. The van der Waals surface area contributed by atoms with E-state index in [1.54, 1.807) is 32.9 Å². The number of rotatable bonds is 4. The number of benzene rings is 1. The summed E-state index contributed by atoms with van der Waals surface area (Å²) >= 11 is 0. The highest BCUT2D eigenvalue weighted by atomic mass is 16.5. The lowest BCUT2D eigenvalue weighted by Crippen LogP contribution is -2.23. The van der Waals surface area contributed by atoms with Gasteiger partial charge in [-0.25, -0.2) is 9.59 Å². The number of nitrogens with one attached hydrogen (secondary N) is 2. The molecule has 1 aromatic rings. The quantitative estimate of drug-likeness (QED) is 0.646. The van der Waals surface area contributed by atoms with E-state index in [2.05, 4.69) is 20.1 Å². The van der Waals surface area contributed by atoms with Crippen LogP contribution >= 0.6 is 0 Å². The molecule has 1 aromatic carbocycles. The van der Waals surface area contributed by atoms with Gasteiger partial charge in [-0.2, -0.15) is 0 Å². The second kappa shape index (κ2) is 8.19. The Bertz CT molecular complexity index is 621. The molecule has 0 aliphatic heterocycles. The molecule has 0 radical (unpaired) electrons. The topological polar surface area (TPSA) is 103 Å². The van der Waals surface area contributed by atoms with Crippen molar-refractivity contribution in [3.05, 3.63) is 23.8 Å². The van der Waals surface area contributed by atoms with E-state index in [9.17, 15) is 14.4 Å². The molecule has 1 rings (SSSR count). The SMILES string of the molecule is COC(=O)Nc1ccc(COC(=O)C(C)(C)C)c(NC(=O)OC)c1. The normalized spacial score (nSPS) is 10.5. The van der Waals surface area contributed by atoms with Crippen LogP contribution in [-0.2, 0) is 25.6 Å². The molecule has 24 heavy (non-hydrogen) atoms. The van der Waals surface area contributed by atoms with Gasteiger partial charge < -0.3 is 14.2 Å². The van der Waals surface area contributed by atoms with Crippen molar-refractivity contribution in [1.82, 2.24) is 0 Å². The van der Waals surface area contributed by atoms with E-state index in [0.29, 0.717) is 16.9 Å². The first-order valence-electron chi connectivity index (χ1n) is 7.17. The van der Waals surface area contributed by atoms with Crippen LogP contribution in [0.25, 0.3) is 0 Å². The molecule has 0 aliphatic carbocycles. The number of carbonyl (C=O) groups excluding carboxylic acids is 3. The van der Waals surface area contributed by atoms with Gasteiger partial charge in [-0.15, -0.1) is 0 Å². The fourth-order valence-electron chi connectivity index (χ4n) is 1.59. The molecule has 0 unspecified atom stereocenters. The van der Waals surface area contributed by atoms with Crippen molar-refractivity contribution in [2.24, 2.45) is 5.41 Å². The van der Waals surface area contributed by atoms with E-state index in [1.807, 2.05) is 0 Å². The lowest BCUT2D eigenvalue weighted by molar-refractivity contribution is -0.154. The van der Waals surface area contributed by atoms with E-state index in [0.717, 1.165) is 0 Å². The standard InChI is InChI=1S/C16H22N2O6/c1-16(2,3)13(19)24-9-10-6-7-11(17-14(20)22-4)8-12(10)18-15(21)23-5/h6-8H,9H2,1-5H3,(H,17,20)(H,18,21). The number of amides is 2. The molecule has 0 spiro atoms. The predicted molar refractivity (Wildman–Crippen MR) is 87.7 cm³/mol. The number of hydrogen-bond donors (Lipinski definition) is 2. The largest absolute Gasteiger partial charge is 0.460 e. The Morgan fingerprint density at radius 2 is 1.58 bits per heavy atom. The number of hydrogen-bond acceptors (Lipinski definition) is 6. The van der Waals surface area contributed by atoms with E-state index in [4.69, 9.17) is 4.74 Å². The summed E-state index contributed by atoms with van der Waals surface area (Å²) in [6, 6.07) is 4.72. The molecule has 2 amide bonds. The van der Waals surface area contributed by atoms with Crippen LogP contribution in [0.2, 0.25) is 0 Å². The lowest BCUT2D eigenvalue weighted by Gasteiger charge is -2.18. The van der Waals surface area contributed by atoms with Gasteiger partial charge in [0.2, 0.25) is 0 Å². The second-order valence-corrected chi connectivity index (χ2v) is 5.93. The third-order valence-corrected chi connectivity index (χ3v) is 2.93. The molecule has 132 valence electrons. The van der Waals surface area contributed by atoms with E-state index < -0.39 is 17.6 Å². The van der Waals surface area contributed by atoms with E-state index in [1.165, 1.54) is 20.3 Å². The number of anilines is 2. The fraction of sp³-hybridized carbons (Fsp3) is 0.438. The minimum atomic E-state index is -0.686. The average Bonchev–Trinajstić information content (AvgIpc) is 2.52. The Hall–Kier alpha value is -2.77. The van der Waals surface area contributed by atoms with Crippen molar-refractivity contribution in [1.29, 1.82) is 0 Å². The molecule has 0 saturated heterocycles. The van der Waals surface area contributed by atoms with Crippen LogP contribution in [0.3, 0.4) is 0 Å². The van der Waals surface area contributed by atoms with Gasteiger partial charge >= 0.3 is 18.2 Å². The van der Waals surface area contributed by atoms with Crippen molar-refractivity contribution in [2.45, 2.75) is 27.4 Å². The molecule has 0 heterocycles. The summed E-state index contributed by atoms with van der Waals surface area (Å²) in [7, 11) is 2.47. The molecule has 0 fully saturated rings. The number of esters is 1. The van der Waals surface area contributed by atoms with Crippen molar-refractivity contribution in [2.75, 3.05) is 24.9 Å². The van der Waals surface area contributed by atoms with Crippen molar-refractivity contribution in [3.8, 4) is 0 Å². The number of carbonyl (C=O) groups is 3. The summed E-state index contributed by atoms with van der Waals surface area (Å²) in [5.41, 5.74) is 0.660. The molecule has 2 N–H and O–H groups in total. The van der Waals surface area contributed by atoms with Crippen LogP contribution in [0.15, 0.2) is 18.2 Å². The Labute approximate surface area is 140 Å². The van der Waals surface area contributed by atoms with Gasteiger partial charge in [-0.1, -0.05) is 6.07 Å². The molecular formula is C16H22N2O6. The fourth-order valence-corrected chi connectivity index (χ4v) is 1.59. The Morgan fingerprint density at radius 1 is 1.00 bits per heavy atom. The van der Waals surface area contributed by atoms with Gasteiger partial charge in [0, 0.05) is 11.3 Å². The molecule has 0 aliphatic rings. The third-order valence-electron chi connectivity index (χ3n) is 2.93. The first-order chi connectivity index (χ1) is 11.2. The van der Waals surface area contributed by atoms with Crippen LogP contribution in [0.1, 0.15) is 26.3 Å². The maximum Gasteiger partial charge on any atom is 0.411 e. The molecule has 8 heteroatoms. The van der Waals surface area contributed by atoms with Crippen LogP contribution in [-0.4, -0.2) is 32.4 Å². The molecule has 0 bridgehead atoms. The maximum atomic E-state index is 11.9. The van der Waals surface area contributed by atoms with Crippen molar-refractivity contribution < 1.29 is 28.6 Å². The minimum Gasteiger partial charge on any atom is -0.460 e. The highest BCUT2D eigenvalue weighted by Gasteiger charge is 2.23. The molecule has 8 nitrogen and oxygen atoms in total. The minimum absolute atomic E-state index is 0.0338. The summed E-state index contributed by atoms with van der Waals surface area (Å²) in [6.07, 6.45) is -1.33. The van der Waals surface area contributed by atoms with E-state index >= 15 is 0 Å². The van der Waals surface area contributed by atoms with Gasteiger partial charge in [-0.3, -0.25) is 15.4 Å². The summed E-state index contributed by atoms with van der Waals surface area (Å²) in [5, 5.41) is 4.99. The molecular weight excluding hydrogens is 316 g/mol. The third kappa shape index (κ3) is 5.79. The molecule has 0 atom stereocenters. The number of methoxy groups -OCH3 is 2. The zero-order chi connectivity index (χ0) is 18.3. The molecule has 0 aromatic heterocycles. The second-order valence-electron chi connectivity index (χ2n) is 5.93. The van der Waals surface area contributed by atoms with E-state index in [-0.39, 0.29) is 12.6 Å². The Balaban J connectivity index is 2.98. The maximum absolute atomic E-state index is 11.9. The zero-order valence-electron chi connectivity index (χ0n) is 14.4. The van der Waals surface area contributed by atoms with Crippen LogP contribution in [0.4, 0.5) is 21.0 Å². The lowest BCUT2D eigenvalue weighted by atomic mass is 9.97. The average molecular weight is 338 g/mol. The van der Waals surface area contributed by atoms with Crippen LogP contribution in [0, 0.1) is 5.41 Å².